The zero-order chi connectivity index (χ0) is 19.4. The third-order valence-electron chi connectivity index (χ3n) is 4.77. The van der Waals surface area contributed by atoms with Gasteiger partial charge in [-0.15, -0.1) is 0 Å². The second kappa shape index (κ2) is 8.16. The van der Waals surface area contributed by atoms with Crippen LogP contribution >= 0.6 is 0 Å². The van der Waals surface area contributed by atoms with E-state index in [1.54, 1.807) is 23.2 Å². The van der Waals surface area contributed by atoms with Crippen LogP contribution in [-0.4, -0.2) is 22.8 Å². The Hall–Kier alpha value is -2.95. The summed E-state index contributed by atoms with van der Waals surface area (Å²) in [7, 11) is 1.81. The molecule has 0 aliphatic heterocycles. The van der Waals surface area contributed by atoms with Crippen molar-refractivity contribution in [3.63, 3.8) is 0 Å². The van der Waals surface area contributed by atoms with Crippen LogP contribution in [0.25, 0.3) is 11.3 Å². The highest BCUT2D eigenvalue weighted by Crippen LogP contribution is 2.23. The van der Waals surface area contributed by atoms with Gasteiger partial charge in [0.05, 0.1) is 12.2 Å². The summed E-state index contributed by atoms with van der Waals surface area (Å²) in [5, 5.41) is 0. The summed E-state index contributed by atoms with van der Waals surface area (Å²) >= 11 is 0. The predicted octanol–water partition coefficient (Wildman–Crippen LogP) is 4.94. The molecule has 1 unspecified atom stereocenters. The SMILES string of the molecule is Cc1ccc(C(C)N(C)C(=O)CCc2ncc(-c3ccc(F)cc3)o2)cc1. The highest BCUT2D eigenvalue weighted by Gasteiger charge is 2.18. The van der Waals surface area contributed by atoms with Crippen LogP contribution in [0.1, 0.15) is 36.4 Å². The molecule has 0 aliphatic rings. The van der Waals surface area contributed by atoms with Gasteiger partial charge in [-0.1, -0.05) is 29.8 Å². The Morgan fingerprint density at radius 1 is 1.15 bits per heavy atom. The topological polar surface area (TPSA) is 46.3 Å². The van der Waals surface area contributed by atoms with Crippen molar-refractivity contribution >= 4 is 5.91 Å². The lowest BCUT2D eigenvalue weighted by molar-refractivity contribution is -0.131. The predicted molar refractivity (Wildman–Crippen MR) is 103 cm³/mol. The van der Waals surface area contributed by atoms with Crippen LogP contribution in [0.15, 0.2) is 59.1 Å². The van der Waals surface area contributed by atoms with Crippen molar-refractivity contribution in [2.45, 2.75) is 32.7 Å². The Bertz CT molecular complexity index is 901. The lowest BCUT2D eigenvalue weighted by atomic mass is 10.1. The summed E-state index contributed by atoms with van der Waals surface area (Å²) in [6.45, 7) is 4.06. The Morgan fingerprint density at radius 3 is 2.48 bits per heavy atom. The molecule has 1 atom stereocenters. The largest absolute Gasteiger partial charge is 0.441 e. The number of rotatable bonds is 6. The molecule has 0 fully saturated rings. The van der Waals surface area contributed by atoms with Gasteiger partial charge in [-0.2, -0.15) is 0 Å². The smallest absolute Gasteiger partial charge is 0.223 e. The minimum atomic E-state index is -0.296. The van der Waals surface area contributed by atoms with Crippen molar-refractivity contribution in [2.75, 3.05) is 7.05 Å². The van der Waals surface area contributed by atoms with E-state index in [2.05, 4.69) is 4.98 Å². The zero-order valence-corrected chi connectivity index (χ0v) is 15.8. The zero-order valence-electron chi connectivity index (χ0n) is 15.8. The summed E-state index contributed by atoms with van der Waals surface area (Å²) < 4.78 is 18.7. The number of halogens is 1. The van der Waals surface area contributed by atoms with E-state index in [1.165, 1.54) is 17.7 Å². The average Bonchev–Trinajstić information content (AvgIpc) is 3.15. The van der Waals surface area contributed by atoms with Gasteiger partial charge in [-0.3, -0.25) is 4.79 Å². The fourth-order valence-corrected chi connectivity index (χ4v) is 2.85. The van der Waals surface area contributed by atoms with Gasteiger partial charge in [0.25, 0.3) is 0 Å². The van der Waals surface area contributed by atoms with Crippen LogP contribution in [0.5, 0.6) is 0 Å². The fraction of sp³-hybridized carbons (Fsp3) is 0.273. The molecule has 0 spiro atoms. The fourth-order valence-electron chi connectivity index (χ4n) is 2.85. The standard InChI is InChI=1S/C22H23FN2O2/c1-15-4-6-17(7-5-15)16(2)25(3)22(26)13-12-21-24-14-20(27-21)18-8-10-19(23)11-9-18/h4-11,14,16H,12-13H2,1-3H3. The summed E-state index contributed by atoms with van der Waals surface area (Å²) in [6, 6.07) is 14.2. The molecule has 0 N–H and O–H groups in total. The van der Waals surface area contributed by atoms with Crippen LogP contribution < -0.4 is 0 Å². The van der Waals surface area contributed by atoms with Crippen molar-refractivity contribution < 1.29 is 13.6 Å². The number of oxazole rings is 1. The van der Waals surface area contributed by atoms with E-state index in [4.69, 9.17) is 4.42 Å². The van der Waals surface area contributed by atoms with Crippen LogP contribution in [0.4, 0.5) is 4.39 Å². The molecule has 0 saturated heterocycles. The van der Waals surface area contributed by atoms with Crippen LogP contribution in [0.3, 0.4) is 0 Å². The molecule has 140 valence electrons. The molecular weight excluding hydrogens is 343 g/mol. The number of aromatic nitrogens is 1. The molecule has 3 aromatic rings. The highest BCUT2D eigenvalue weighted by molar-refractivity contribution is 5.76. The molecule has 1 aromatic heterocycles. The molecule has 0 bridgehead atoms. The van der Waals surface area contributed by atoms with Gasteiger partial charge in [0.15, 0.2) is 11.7 Å². The van der Waals surface area contributed by atoms with E-state index in [1.807, 2.05) is 45.2 Å². The minimum Gasteiger partial charge on any atom is -0.441 e. The van der Waals surface area contributed by atoms with Crippen molar-refractivity contribution in [1.82, 2.24) is 9.88 Å². The van der Waals surface area contributed by atoms with E-state index in [0.717, 1.165) is 11.1 Å². The van der Waals surface area contributed by atoms with Gasteiger partial charge in [0.2, 0.25) is 5.91 Å². The normalized spacial score (nSPS) is 12.0. The number of hydrogen-bond acceptors (Lipinski definition) is 3. The first-order chi connectivity index (χ1) is 12.9. The molecule has 0 radical (unpaired) electrons. The quantitative estimate of drug-likeness (QED) is 0.621. The average molecular weight is 366 g/mol. The van der Waals surface area contributed by atoms with E-state index >= 15 is 0 Å². The second-order valence-electron chi connectivity index (χ2n) is 6.72. The number of hydrogen-bond donors (Lipinski definition) is 0. The summed E-state index contributed by atoms with van der Waals surface area (Å²) in [4.78, 5) is 18.5. The molecule has 1 heterocycles. The van der Waals surface area contributed by atoms with E-state index < -0.39 is 0 Å². The second-order valence-corrected chi connectivity index (χ2v) is 6.72. The van der Waals surface area contributed by atoms with Gasteiger partial charge in [0, 0.05) is 25.5 Å². The molecular formula is C22H23FN2O2. The maximum Gasteiger partial charge on any atom is 0.223 e. The van der Waals surface area contributed by atoms with E-state index in [9.17, 15) is 9.18 Å². The lowest BCUT2D eigenvalue weighted by Gasteiger charge is -2.25. The molecule has 5 heteroatoms. The van der Waals surface area contributed by atoms with Gasteiger partial charge >= 0.3 is 0 Å². The van der Waals surface area contributed by atoms with E-state index in [-0.39, 0.29) is 17.8 Å². The molecule has 3 rings (SSSR count). The molecule has 4 nitrogen and oxygen atoms in total. The molecule has 2 aromatic carbocycles. The van der Waals surface area contributed by atoms with Crippen molar-refractivity contribution in [3.8, 4) is 11.3 Å². The van der Waals surface area contributed by atoms with Crippen molar-refractivity contribution in [2.24, 2.45) is 0 Å². The first kappa shape index (κ1) is 18.8. The van der Waals surface area contributed by atoms with Crippen molar-refractivity contribution in [3.05, 3.63) is 77.6 Å². The number of amides is 1. The molecule has 27 heavy (non-hydrogen) atoms. The van der Waals surface area contributed by atoms with Crippen LogP contribution in [-0.2, 0) is 11.2 Å². The number of benzene rings is 2. The number of carbonyl (C=O) groups excluding carboxylic acids is 1. The Labute approximate surface area is 158 Å². The van der Waals surface area contributed by atoms with Gasteiger partial charge in [0.1, 0.15) is 5.82 Å². The van der Waals surface area contributed by atoms with Crippen LogP contribution in [0, 0.1) is 12.7 Å². The Morgan fingerprint density at radius 2 is 1.81 bits per heavy atom. The number of aryl methyl sites for hydroxylation is 2. The van der Waals surface area contributed by atoms with Crippen molar-refractivity contribution in [1.29, 1.82) is 0 Å². The maximum absolute atomic E-state index is 13.0. The Balaban J connectivity index is 1.58. The van der Waals surface area contributed by atoms with E-state index in [0.29, 0.717) is 24.5 Å². The van der Waals surface area contributed by atoms with Crippen LogP contribution in [0.2, 0.25) is 0 Å². The maximum atomic E-state index is 13.0. The highest BCUT2D eigenvalue weighted by atomic mass is 19.1. The molecule has 0 saturated carbocycles. The van der Waals surface area contributed by atoms with Gasteiger partial charge in [-0.25, -0.2) is 9.37 Å². The summed E-state index contributed by atoms with van der Waals surface area (Å²) in [6.07, 6.45) is 2.34. The summed E-state index contributed by atoms with van der Waals surface area (Å²) in [5.74, 6) is 0.803. The Kier molecular flexibility index (Phi) is 5.69. The third kappa shape index (κ3) is 4.61. The molecule has 1 amide bonds. The minimum absolute atomic E-state index is 0.00237. The van der Waals surface area contributed by atoms with Gasteiger partial charge < -0.3 is 9.32 Å². The summed E-state index contributed by atoms with van der Waals surface area (Å²) in [5.41, 5.74) is 3.05. The monoisotopic (exact) mass is 366 g/mol. The number of carbonyl (C=O) groups is 1. The molecule has 0 aliphatic carbocycles. The third-order valence-corrected chi connectivity index (χ3v) is 4.77. The first-order valence-corrected chi connectivity index (χ1v) is 8.97. The lowest BCUT2D eigenvalue weighted by Crippen LogP contribution is -2.29. The first-order valence-electron chi connectivity index (χ1n) is 8.97. The number of nitrogens with zero attached hydrogens (tertiary/aromatic N) is 2. The van der Waals surface area contributed by atoms with Gasteiger partial charge in [-0.05, 0) is 43.7 Å².